The summed E-state index contributed by atoms with van der Waals surface area (Å²) in [4.78, 5) is 23.0. The number of hydrogen-bond acceptors (Lipinski definition) is 3. The van der Waals surface area contributed by atoms with Crippen molar-refractivity contribution < 1.29 is 28.2 Å². The van der Waals surface area contributed by atoms with Gasteiger partial charge in [-0.25, -0.2) is 0 Å². The molecule has 1 aliphatic rings. The number of benzene rings is 1. The maximum atomic E-state index is 12.2. The number of alkyl halides is 2. The lowest BCUT2D eigenvalue weighted by Crippen LogP contribution is -2.38. The quantitative estimate of drug-likeness (QED) is 0.876. The molecule has 0 aliphatic heterocycles. The normalized spacial score (nSPS) is 21.4. The number of hydrogen-bond donors (Lipinski definition) is 2. The van der Waals surface area contributed by atoms with E-state index in [0.29, 0.717) is 25.7 Å². The maximum Gasteiger partial charge on any atom is 0.387 e. The number of rotatable bonds is 5. The van der Waals surface area contributed by atoms with Crippen LogP contribution >= 0.6 is 0 Å². The molecule has 22 heavy (non-hydrogen) atoms. The van der Waals surface area contributed by atoms with Crippen LogP contribution in [0.15, 0.2) is 24.3 Å². The number of nitrogens with one attached hydrogen (secondary N) is 1. The van der Waals surface area contributed by atoms with E-state index >= 15 is 0 Å². The molecule has 0 aromatic heterocycles. The Hall–Kier alpha value is -2.18. The Balaban J connectivity index is 1.91. The van der Waals surface area contributed by atoms with Crippen LogP contribution in [0, 0.1) is 5.92 Å². The Morgan fingerprint density at radius 2 is 1.91 bits per heavy atom. The minimum atomic E-state index is -2.94. The molecule has 0 atom stereocenters. The summed E-state index contributed by atoms with van der Waals surface area (Å²) in [5, 5.41) is 11.7. The fraction of sp³-hybridized carbons (Fsp3) is 0.467. The Kier molecular flexibility index (Phi) is 5.30. The molecule has 0 heterocycles. The van der Waals surface area contributed by atoms with Gasteiger partial charge in [0.05, 0.1) is 5.92 Å². The van der Waals surface area contributed by atoms with Crippen molar-refractivity contribution in [1.29, 1.82) is 0 Å². The fourth-order valence-electron chi connectivity index (χ4n) is 2.57. The summed E-state index contributed by atoms with van der Waals surface area (Å²) in [6.07, 6.45) is 2.23. The first-order chi connectivity index (χ1) is 10.5. The topological polar surface area (TPSA) is 75.6 Å². The Morgan fingerprint density at radius 3 is 2.50 bits per heavy atom. The fourth-order valence-corrected chi connectivity index (χ4v) is 2.57. The van der Waals surface area contributed by atoms with Crippen LogP contribution in [0.2, 0.25) is 0 Å². The molecular weight excluding hydrogens is 296 g/mol. The number of ether oxygens (including phenoxy) is 1. The van der Waals surface area contributed by atoms with E-state index in [0.717, 1.165) is 0 Å². The number of carboxylic acids is 1. The summed E-state index contributed by atoms with van der Waals surface area (Å²) in [7, 11) is 0. The van der Waals surface area contributed by atoms with Crippen molar-refractivity contribution >= 4 is 11.9 Å². The van der Waals surface area contributed by atoms with E-state index in [1.807, 2.05) is 0 Å². The lowest BCUT2D eigenvalue weighted by molar-refractivity contribution is -0.142. The second-order valence-electron chi connectivity index (χ2n) is 5.27. The number of aliphatic carboxylic acids is 1. The molecule has 0 unspecified atom stereocenters. The average Bonchev–Trinajstić information content (AvgIpc) is 2.47. The van der Waals surface area contributed by atoms with Gasteiger partial charge in [0.1, 0.15) is 5.75 Å². The van der Waals surface area contributed by atoms with Crippen LogP contribution in [0.3, 0.4) is 0 Å². The molecule has 2 N–H and O–H groups in total. The molecule has 0 spiro atoms. The molecule has 1 saturated carbocycles. The van der Waals surface area contributed by atoms with E-state index in [1.165, 1.54) is 24.3 Å². The van der Waals surface area contributed by atoms with Gasteiger partial charge in [0, 0.05) is 11.6 Å². The molecule has 120 valence electrons. The van der Waals surface area contributed by atoms with E-state index < -0.39 is 12.6 Å². The second kappa shape index (κ2) is 7.20. The lowest BCUT2D eigenvalue weighted by atomic mass is 9.86. The Bertz CT molecular complexity index is 542. The highest BCUT2D eigenvalue weighted by atomic mass is 19.3. The minimum absolute atomic E-state index is 0.0720. The summed E-state index contributed by atoms with van der Waals surface area (Å²) in [5.41, 5.74) is 0.235. The summed E-state index contributed by atoms with van der Waals surface area (Å²) in [6.45, 7) is -2.94. The van der Waals surface area contributed by atoms with Crippen molar-refractivity contribution in [2.75, 3.05) is 0 Å². The molecule has 2 rings (SSSR count). The van der Waals surface area contributed by atoms with Gasteiger partial charge in [-0.3, -0.25) is 9.59 Å². The van der Waals surface area contributed by atoms with Gasteiger partial charge >= 0.3 is 12.6 Å². The van der Waals surface area contributed by atoms with Crippen molar-refractivity contribution in [3.8, 4) is 5.75 Å². The van der Waals surface area contributed by atoms with E-state index in [-0.39, 0.29) is 29.2 Å². The molecule has 1 fully saturated rings. The van der Waals surface area contributed by atoms with E-state index in [2.05, 4.69) is 10.1 Å². The third-order valence-electron chi connectivity index (χ3n) is 3.73. The summed E-state index contributed by atoms with van der Waals surface area (Å²) in [5.74, 6) is -1.60. The molecule has 7 heteroatoms. The van der Waals surface area contributed by atoms with Crippen LogP contribution in [-0.2, 0) is 4.79 Å². The minimum Gasteiger partial charge on any atom is -0.481 e. The van der Waals surface area contributed by atoms with Gasteiger partial charge in [0.2, 0.25) is 0 Å². The highest BCUT2D eigenvalue weighted by molar-refractivity contribution is 5.94. The van der Waals surface area contributed by atoms with Crippen LogP contribution in [0.5, 0.6) is 5.75 Å². The van der Waals surface area contributed by atoms with Crippen molar-refractivity contribution in [3.05, 3.63) is 29.8 Å². The van der Waals surface area contributed by atoms with Crippen LogP contribution in [0.25, 0.3) is 0 Å². The molecular formula is C15H17F2NO4. The molecule has 5 nitrogen and oxygen atoms in total. The van der Waals surface area contributed by atoms with E-state index in [1.54, 1.807) is 0 Å². The average molecular weight is 313 g/mol. The number of carbonyl (C=O) groups excluding carboxylic acids is 1. The third kappa shape index (κ3) is 4.41. The molecule has 0 saturated heterocycles. The van der Waals surface area contributed by atoms with E-state index in [9.17, 15) is 18.4 Å². The van der Waals surface area contributed by atoms with Gasteiger partial charge < -0.3 is 15.2 Å². The van der Waals surface area contributed by atoms with Gasteiger partial charge in [-0.05, 0) is 43.9 Å². The smallest absolute Gasteiger partial charge is 0.387 e. The first kappa shape index (κ1) is 16.2. The van der Waals surface area contributed by atoms with Crippen LogP contribution in [0.1, 0.15) is 36.0 Å². The zero-order valence-corrected chi connectivity index (χ0v) is 11.8. The third-order valence-corrected chi connectivity index (χ3v) is 3.73. The highest BCUT2D eigenvalue weighted by Gasteiger charge is 2.26. The van der Waals surface area contributed by atoms with Gasteiger partial charge in [-0.15, -0.1) is 0 Å². The lowest BCUT2D eigenvalue weighted by Gasteiger charge is -2.26. The first-order valence-electron chi connectivity index (χ1n) is 7.04. The predicted octanol–water partition coefficient (Wildman–Crippen LogP) is 2.66. The molecule has 1 aromatic rings. The van der Waals surface area contributed by atoms with Gasteiger partial charge in [0.15, 0.2) is 0 Å². The van der Waals surface area contributed by atoms with Gasteiger partial charge in [0.25, 0.3) is 5.91 Å². The number of carbonyl (C=O) groups is 2. The summed E-state index contributed by atoms with van der Waals surface area (Å²) >= 11 is 0. The summed E-state index contributed by atoms with van der Waals surface area (Å²) < 4.78 is 28.6. The summed E-state index contributed by atoms with van der Waals surface area (Å²) in [6, 6.07) is 5.48. The van der Waals surface area contributed by atoms with Crippen LogP contribution in [-0.4, -0.2) is 29.6 Å². The highest BCUT2D eigenvalue weighted by Crippen LogP contribution is 2.25. The molecule has 1 amide bonds. The van der Waals surface area contributed by atoms with Crippen molar-refractivity contribution in [3.63, 3.8) is 0 Å². The van der Waals surface area contributed by atoms with Gasteiger partial charge in [-0.1, -0.05) is 6.07 Å². The van der Waals surface area contributed by atoms with Crippen molar-refractivity contribution in [2.24, 2.45) is 5.92 Å². The SMILES string of the molecule is O=C(NC1CCC(C(=O)O)CC1)c1cccc(OC(F)F)c1. The molecule has 0 bridgehead atoms. The molecule has 1 aliphatic carbocycles. The zero-order valence-electron chi connectivity index (χ0n) is 11.8. The Labute approximate surface area is 126 Å². The first-order valence-corrected chi connectivity index (χ1v) is 7.04. The van der Waals surface area contributed by atoms with Crippen LogP contribution in [0.4, 0.5) is 8.78 Å². The number of carboxylic acid groups (broad SMARTS) is 1. The zero-order chi connectivity index (χ0) is 16.1. The van der Waals surface area contributed by atoms with Gasteiger partial charge in [-0.2, -0.15) is 8.78 Å². The van der Waals surface area contributed by atoms with E-state index in [4.69, 9.17) is 5.11 Å². The van der Waals surface area contributed by atoms with Crippen molar-refractivity contribution in [1.82, 2.24) is 5.32 Å². The van der Waals surface area contributed by atoms with Crippen molar-refractivity contribution in [2.45, 2.75) is 38.3 Å². The number of halogens is 2. The maximum absolute atomic E-state index is 12.2. The Morgan fingerprint density at radius 1 is 1.23 bits per heavy atom. The standard InChI is InChI=1S/C15H17F2NO4/c16-15(17)22-12-3-1-2-10(8-12)13(19)18-11-6-4-9(5-7-11)14(20)21/h1-3,8-9,11,15H,4-7H2,(H,18,19)(H,20,21). The predicted molar refractivity (Wildman–Crippen MR) is 73.9 cm³/mol. The largest absolute Gasteiger partial charge is 0.481 e. The monoisotopic (exact) mass is 313 g/mol. The second-order valence-corrected chi connectivity index (χ2v) is 5.27. The molecule has 1 aromatic carbocycles. The molecule has 0 radical (unpaired) electrons. The number of amides is 1. The van der Waals surface area contributed by atoms with Crippen LogP contribution < -0.4 is 10.1 Å².